The Hall–Kier alpha value is -0.620. The molecule has 22 heavy (non-hydrogen) atoms. The van der Waals surface area contributed by atoms with Gasteiger partial charge in [0.2, 0.25) is 5.91 Å². The molecule has 1 unspecified atom stereocenters. The molecule has 1 aliphatic carbocycles. The molecule has 0 aromatic rings. The summed E-state index contributed by atoms with van der Waals surface area (Å²) in [5.41, 5.74) is -0.0481. The topological polar surface area (TPSA) is 66.5 Å². The monoisotopic (exact) mass is 332 g/mol. The fourth-order valence-corrected chi connectivity index (χ4v) is 4.32. The van der Waals surface area contributed by atoms with Gasteiger partial charge < -0.3 is 10.2 Å². The number of carbonyl (C=O) groups is 1. The number of carbonyl (C=O) groups excluding carboxylic acids is 1. The van der Waals surface area contributed by atoms with E-state index >= 15 is 0 Å². The van der Waals surface area contributed by atoms with Crippen LogP contribution in [-0.2, 0) is 14.6 Å². The highest BCUT2D eigenvalue weighted by molar-refractivity contribution is 7.93. The second-order valence-corrected chi connectivity index (χ2v) is 9.86. The number of sulfone groups is 1. The Kier molecular flexibility index (Phi) is 6.86. The van der Waals surface area contributed by atoms with Crippen LogP contribution in [0.1, 0.15) is 59.3 Å². The van der Waals surface area contributed by atoms with E-state index in [1.165, 1.54) is 19.8 Å². The highest BCUT2D eigenvalue weighted by atomic mass is 32.2. The zero-order valence-electron chi connectivity index (χ0n) is 14.7. The van der Waals surface area contributed by atoms with Crippen molar-refractivity contribution in [1.82, 2.24) is 10.2 Å². The van der Waals surface area contributed by atoms with Gasteiger partial charge in [0, 0.05) is 12.1 Å². The van der Waals surface area contributed by atoms with Crippen LogP contribution in [0.4, 0.5) is 0 Å². The maximum Gasteiger partial charge on any atom is 0.238 e. The van der Waals surface area contributed by atoms with Crippen LogP contribution < -0.4 is 5.32 Å². The molecule has 1 aliphatic rings. The largest absolute Gasteiger partial charge is 0.353 e. The maximum absolute atomic E-state index is 12.3. The van der Waals surface area contributed by atoms with Gasteiger partial charge in [-0.3, -0.25) is 4.79 Å². The zero-order valence-corrected chi connectivity index (χ0v) is 15.5. The van der Waals surface area contributed by atoms with Crippen molar-refractivity contribution in [2.75, 3.05) is 20.6 Å². The minimum absolute atomic E-state index is 0.0481. The van der Waals surface area contributed by atoms with E-state index in [2.05, 4.69) is 10.2 Å². The lowest BCUT2D eigenvalue weighted by atomic mass is 9.88. The van der Waals surface area contributed by atoms with Gasteiger partial charge in [-0.15, -0.1) is 0 Å². The Bertz CT molecular complexity index is 464. The smallest absolute Gasteiger partial charge is 0.238 e. The SMILES string of the molecule is CC(C)S(=O)(=O)C(C)C(=O)NCC1(N(C)C)CCCCCC1. The van der Waals surface area contributed by atoms with Crippen LogP contribution in [-0.4, -0.2) is 55.9 Å². The molecule has 0 spiro atoms. The van der Waals surface area contributed by atoms with Crippen molar-refractivity contribution in [3.63, 3.8) is 0 Å². The fraction of sp³-hybridized carbons (Fsp3) is 0.938. The van der Waals surface area contributed by atoms with Gasteiger partial charge in [-0.1, -0.05) is 25.7 Å². The Morgan fingerprint density at radius 2 is 1.59 bits per heavy atom. The molecule has 1 rings (SSSR count). The molecule has 6 heteroatoms. The van der Waals surface area contributed by atoms with Gasteiger partial charge in [0.25, 0.3) is 0 Å². The highest BCUT2D eigenvalue weighted by Crippen LogP contribution is 2.30. The van der Waals surface area contributed by atoms with Gasteiger partial charge in [0.15, 0.2) is 9.84 Å². The average Bonchev–Trinajstić information content (AvgIpc) is 2.70. The molecule has 130 valence electrons. The van der Waals surface area contributed by atoms with Gasteiger partial charge in [-0.2, -0.15) is 0 Å². The van der Waals surface area contributed by atoms with Gasteiger partial charge in [0.05, 0.1) is 5.25 Å². The van der Waals surface area contributed by atoms with E-state index in [4.69, 9.17) is 0 Å². The summed E-state index contributed by atoms with van der Waals surface area (Å²) in [5, 5.41) is 1.38. The number of hydrogen-bond donors (Lipinski definition) is 1. The third-order valence-corrected chi connectivity index (χ3v) is 7.61. The molecule has 0 aromatic carbocycles. The summed E-state index contributed by atoms with van der Waals surface area (Å²) >= 11 is 0. The molecule has 0 heterocycles. The number of nitrogens with one attached hydrogen (secondary N) is 1. The average molecular weight is 333 g/mol. The maximum atomic E-state index is 12.3. The molecule has 0 aliphatic heterocycles. The van der Waals surface area contributed by atoms with Crippen molar-refractivity contribution >= 4 is 15.7 Å². The summed E-state index contributed by atoms with van der Waals surface area (Å²) in [6, 6.07) is 0. The molecule has 1 amide bonds. The molecule has 5 nitrogen and oxygen atoms in total. The van der Waals surface area contributed by atoms with E-state index in [9.17, 15) is 13.2 Å². The molecule has 0 bridgehead atoms. The van der Waals surface area contributed by atoms with E-state index in [-0.39, 0.29) is 11.4 Å². The normalized spacial score (nSPS) is 20.7. The summed E-state index contributed by atoms with van der Waals surface area (Å²) in [7, 11) is 0.693. The van der Waals surface area contributed by atoms with Crippen molar-refractivity contribution in [2.24, 2.45) is 0 Å². The van der Waals surface area contributed by atoms with Gasteiger partial charge in [-0.05, 0) is 47.7 Å². The van der Waals surface area contributed by atoms with E-state index in [0.29, 0.717) is 6.54 Å². The van der Waals surface area contributed by atoms with Crippen LogP contribution in [0.5, 0.6) is 0 Å². The van der Waals surface area contributed by atoms with E-state index in [1.807, 2.05) is 14.1 Å². The fourth-order valence-electron chi connectivity index (χ4n) is 3.12. The van der Waals surface area contributed by atoms with Crippen molar-refractivity contribution in [3.05, 3.63) is 0 Å². The first kappa shape index (κ1) is 19.4. The molecule has 0 saturated heterocycles. The molecule has 1 atom stereocenters. The van der Waals surface area contributed by atoms with Gasteiger partial charge in [-0.25, -0.2) is 8.42 Å². The Morgan fingerprint density at radius 3 is 2.00 bits per heavy atom. The Labute approximate surface area is 135 Å². The molecule has 0 aromatic heterocycles. The number of hydrogen-bond acceptors (Lipinski definition) is 4. The summed E-state index contributed by atoms with van der Waals surface area (Å²) in [5.74, 6) is -0.376. The number of likely N-dealkylation sites (N-methyl/N-ethyl adjacent to an activating group) is 1. The molecular weight excluding hydrogens is 300 g/mol. The first-order valence-electron chi connectivity index (χ1n) is 8.31. The number of nitrogens with zero attached hydrogens (tertiary/aromatic N) is 1. The van der Waals surface area contributed by atoms with Crippen LogP contribution in [0.2, 0.25) is 0 Å². The lowest BCUT2D eigenvalue weighted by Gasteiger charge is -2.40. The summed E-state index contributed by atoms with van der Waals surface area (Å²) in [6.45, 7) is 5.24. The van der Waals surface area contributed by atoms with Crippen LogP contribution in [0.25, 0.3) is 0 Å². The lowest BCUT2D eigenvalue weighted by Crippen LogP contribution is -2.54. The van der Waals surface area contributed by atoms with Crippen molar-refractivity contribution in [2.45, 2.75) is 75.3 Å². The zero-order chi connectivity index (χ0) is 17.0. The first-order chi connectivity index (χ1) is 10.1. The third-order valence-electron chi connectivity index (χ3n) is 5.09. The van der Waals surface area contributed by atoms with E-state index in [1.54, 1.807) is 13.8 Å². The number of rotatable bonds is 6. The van der Waals surface area contributed by atoms with E-state index < -0.39 is 20.3 Å². The van der Waals surface area contributed by atoms with E-state index in [0.717, 1.165) is 25.7 Å². The highest BCUT2D eigenvalue weighted by Gasteiger charge is 2.36. The second-order valence-electron chi connectivity index (χ2n) is 7.03. The summed E-state index contributed by atoms with van der Waals surface area (Å²) < 4.78 is 24.2. The minimum atomic E-state index is -3.40. The lowest BCUT2D eigenvalue weighted by molar-refractivity contribution is -0.121. The molecular formula is C16H32N2O3S. The first-order valence-corrected chi connectivity index (χ1v) is 9.92. The number of amides is 1. The van der Waals surface area contributed by atoms with Crippen LogP contribution in [0.15, 0.2) is 0 Å². The quantitative estimate of drug-likeness (QED) is 0.755. The predicted molar refractivity (Wildman–Crippen MR) is 90.6 cm³/mol. The summed E-state index contributed by atoms with van der Waals surface area (Å²) in [4.78, 5) is 14.5. The van der Waals surface area contributed by atoms with Crippen LogP contribution in [0.3, 0.4) is 0 Å². The van der Waals surface area contributed by atoms with Gasteiger partial charge >= 0.3 is 0 Å². The molecule has 1 fully saturated rings. The predicted octanol–water partition coefficient (Wildman–Crippen LogP) is 1.97. The molecule has 1 N–H and O–H groups in total. The van der Waals surface area contributed by atoms with Crippen molar-refractivity contribution in [3.8, 4) is 0 Å². The standard InChI is InChI=1S/C16H32N2O3S/c1-13(2)22(20,21)14(3)15(19)17-12-16(18(4)5)10-8-6-7-9-11-16/h13-14H,6-12H2,1-5H3,(H,17,19). The van der Waals surface area contributed by atoms with Crippen LogP contribution in [0, 0.1) is 0 Å². The van der Waals surface area contributed by atoms with Gasteiger partial charge in [0.1, 0.15) is 5.25 Å². The minimum Gasteiger partial charge on any atom is -0.353 e. The molecule has 1 saturated carbocycles. The van der Waals surface area contributed by atoms with Crippen molar-refractivity contribution in [1.29, 1.82) is 0 Å². The summed E-state index contributed by atoms with van der Waals surface area (Å²) in [6.07, 6.45) is 6.89. The Balaban J connectivity index is 2.75. The Morgan fingerprint density at radius 1 is 1.09 bits per heavy atom. The molecule has 0 radical (unpaired) electrons. The van der Waals surface area contributed by atoms with Crippen LogP contribution >= 0.6 is 0 Å². The second kappa shape index (κ2) is 7.77. The third kappa shape index (κ3) is 4.44. The van der Waals surface area contributed by atoms with Crippen molar-refractivity contribution < 1.29 is 13.2 Å².